The second-order valence-electron chi connectivity index (χ2n) is 6.14. The molecule has 0 aromatic rings. The van der Waals surface area contributed by atoms with Crippen molar-refractivity contribution < 1.29 is 4.79 Å². The van der Waals surface area contributed by atoms with Gasteiger partial charge >= 0.3 is 0 Å². The molecular formula is C14H24O. The highest BCUT2D eigenvalue weighted by Crippen LogP contribution is 2.53. The fourth-order valence-electron chi connectivity index (χ4n) is 3.83. The quantitative estimate of drug-likeness (QED) is 0.671. The zero-order valence-corrected chi connectivity index (χ0v) is 10.2. The molecule has 1 atom stereocenters. The van der Waals surface area contributed by atoms with Crippen LogP contribution in [-0.2, 0) is 4.79 Å². The van der Waals surface area contributed by atoms with Crippen molar-refractivity contribution in [3.8, 4) is 0 Å². The third-order valence-electron chi connectivity index (χ3n) is 4.60. The van der Waals surface area contributed by atoms with Crippen molar-refractivity contribution in [1.82, 2.24) is 0 Å². The molecule has 2 aliphatic rings. The van der Waals surface area contributed by atoms with Crippen LogP contribution in [0.1, 0.15) is 65.2 Å². The van der Waals surface area contributed by atoms with E-state index in [9.17, 15) is 4.79 Å². The Labute approximate surface area is 93.6 Å². The van der Waals surface area contributed by atoms with Gasteiger partial charge in [-0.15, -0.1) is 0 Å². The number of rotatable bonds is 2. The normalized spacial score (nSPS) is 30.3. The second kappa shape index (κ2) is 4.27. The van der Waals surface area contributed by atoms with E-state index in [1.165, 1.54) is 38.5 Å². The van der Waals surface area contributed by atoms with Crippen LogP contribution in [0.15, 0.2) is 0 Å². The number of hydrogen-bond acceptors (Lipinski definition) is 1. The van der Waals surface area contributed by atoms with E-state index in [0.29, 0.717) is 17.1 Å². The maximum absolute atomic E-state index is 11.6. The Bertz CT molecular complexity index is 236. The maximum Gasteiger partial charge on any atom is 0.133 e. The van der Waals surface area contributed by atoms with Crippen molar-refractivity contribution >= 4 is 5.78 Å². The van der Waals surface area contributed by atoms with Crippen LogP contribution in [0, 0.1) is 17.3 Å². The van der Waals surface area contributed by atoms with E-state index in [1.54, 1.807) is 0 Å². The summed E-state index contributed by atoms with van der Waals surface area (Å²) in [5.41, 5.74) is 0.582. The summed E-state index contributed by atoms with van der Waals surface area (Å²) in [5, 5.41) is 0. The van der Waals surface area contributed by atoms with Crippen LogP contribution >= 0.6 is 0 Å². The summed E-state index contributed by atoms with van der Waals surface area (Å²) in [6.07, 6.45) is 9.84. The van der Waals surface area contributed by atoms with E-state index < -0.39 is 0 Å². The monoisotopic (exact) mass is 208 g/mol. The molecule has 1 heteroatoms. The van der Waals surface area contributed by atoms with Gasteiger partial charge in [-0.25, -0.2) is 0 Å². The number of Topliss-reactive ketones (excluding diaryl/α,β-unsaturated/α-hetero) is 1. The molecule has 2 aliphatic carbocycles. The highest BCUT2D eigenvalue weighted by atomic mass is 16.1. The van der Waals surface area contributed by atoms with Gasteiger partial charge in [-0.1, -0.05) is 26.7 Å². The minimum atomic E-state index is 0.526. The molecule has 0 amide bonds. The highest BCUT2D eigenvalue weighted by Gasteiger charge is 2.44. The standard InChI is InChI=1S/C14H24O/c1-11(2)9-12-10-13(15)5-8-14(12)6-3-4-7-14/h11-12H,3-10H2,1-2H3. The van der Waals surface area contributed by atoms with Crippen LogP contribution in [0.2, 0.25) is 0 Å². The van der Waals surface area contributed by atoms with Crippen molar-refractivity contribution in [2.75, 3.05) is 0 Å². The van der Waals surface area contributed by atoms with Crippen LogP contribution in [0.3, 0.4) is 0 Å². The summed E-state index contributed by atoms with van der Waals surface area (Å²) in [6.45, 7) is 4.59. The van der Waals surface area contributed by atoms with E-state index >= 15 is 0 Å². The molecule has 0 aromatic carbocycles. The maximum atomic E-state index is 11.6. The highest BCUT2D eigenvalue weighted by molar-refractivity contribution is 5.79. The molecule has 0 radical (unpaired) electrons. The van der Waals surface area contributed by atoms with Crippen molar-refractivity contribution in [2.45, 2.75) is 65.2 Å². The fraction of sp³-hybridized carbons (Fsp3) is 0.929. The van der Waals surface area contributed by atoms with Gasteiger partial charge in [0, 0.05) is 12.8 Å². The van der Waals surface area contributed by atoms with Gasteiger partial charge in [-0.3, -0.25) is 4.79 Å². The lowest BCUT2D eigenvalue weighted by atomic mass is 9.62. The summed E-state index contributed by atoms with van der Waals surface area (Å²) < 4.78 is 0. The first-order chi connectivity index (χ1) is 7.12. The topological polar surface area (TPSA) is 17.1 Å². The van der Waals surface area contributed by atoms with Crippen molar-refractivity contribution in [2.24, 2.45) is 17.3 Å². The van der Waals surface area contributed by atoms with Gasteiger partial charge in [-0.2, -0.15) is 0 Å². The lowest BCUT2D eigenvalue weighted by Gasteiger charge is -2.42. The van der Waals surface area contributed by atoms with E-state index in [-0.39, 0.29) is 0 Å². The Morgan fingerprint density at radius 2 is 1.93 bits per heavy atom. The summed E-state index contributed by atoms with van der Waals surface area (Å²) in [5.74, 6) is 1.98. The minimum absolute atomic E-state index is 0.526. The van der Waals surface area contributed by atoms with E-state index in [4.69, 9.17) is 0 Å². The molecule has 1 nitrogen and oxygen atoms in total. The fourth-order valence-corrected chi connectivity index (χ4v) is 3.83. The third kappa shape index (κ3) is 2.26. The minimum Gasteiger partial charge on any atom is -0.300 e. The number of carbonyl (C=O) groups excluding carboxylic acids is 1. The van der Waals surface area contributed by atoms with Crippen molar-refractivity contribution in [1.29, 1.82) is 0 Å². The zero-order chi connectivity index (χ0) is 10.9. The van der Waals surface area contributed by atoms with Crippen LogP contribution in [0.25, 0.3) is 0 Å². The average Bonchev–Trinajstić information content (AvgIpc) is 2.61. The summed E-state index contributed by atoms with van der Waals surface area (Å²) in [4.78, 5) is 11.6. The van der Waals surface area contributed by atoms with Crippen LogP contribution in [-0.4, -0.2) is 5.78 Å². The first-order valence-corrected chi connectivity index (χ1v) is 6.64. The number of hydrogen-bond donors (Lipinski definition) is 0. The van der Waals surface area contributed by atoms with E-state index in [1.807, 2.05) is 0 Å². The Hall–Kier alpha value is -0.330. The molecule has 86 valence electrons. The average molecular weight is 208 g/mol. The van der Waals surface area contributed by atoms with Crippen LogP contribution < -0.4 is 0 Å². The molecule has 0 heterocycles. The zero-order valence-electron chi connectivity index (χ0n) is 10.2. The predicted octanol–water partition coefficient (Wildman–Crippen LogP) is 3.96. The summed E-state index contributed by atoms with van der Waals surface area (Å²) >= 11 is 0. The molecule has 0 saturated heterocycles. The van der Waals surface area contributed by atoms with Gasteiger partial charge in [-0.05, 0) is 42.9 Å². The van der Waals surface area contributed by atoms with Crippen molar-refractivity contribution in [3.63, 3.8) is 0 Å². The molecule has 0 aliphatic heterocycles. The molecular weight excluding hydrogens is 184 g/mol. The molecule has 15 heavy (non-hydrogen) atoms. The lowest BCUT2D eigenvalue weighted by Crippen LogP contribution is -2.35. The lowest BCUT2D eigenvalue weighted by molar-refractivity contribution is -0.125. The summed E-state index contributed by atoms with van der Waals surface area (Å²) in [6, 6.07) is 0. The summed E-state index contributed by atoms with van der Waals surface area (Å²) in [7, 11) is 0. The molecule has 0 bridgehead atoms. The largest absolute Gasteiger partial charge is 0.300 e. The molecule has 2 fully saturated rings. The Balaban J connectivity index is 2.09. The Morgan fingerprint density at radius 3 is 2.53 bits per heavy atom. The van der Waals surface area contributed by atoms with Gasteiger partial charge in [0.25, 0.3) is 0 Å². The van der Waals surface area contributed by atoms with Crippen LogP contribution in [0.5, 0.6) is 0 Å². The third-order valence-corrected chi connectivity index (χ3v) is 4.60. The molecule has 1 spiro atoms. The Morgan fingerprint density at radius 1 is 1.27 bits per heavy atom. The van der Waals surface area contributed by atoms with Gasteiger partial charge in [0.2, 0.25) is 0 Å². The first kappa shape index (κ1) is 11.2. The molecule has 2 saturated carbocycles. The molecule has 0 aromatic heterocycles. The Kier molecular flexibility index (Phi) is 3.18. The van der Waals surface area contributed by atoms with Gasteiger partial charge in [0.1, 0.15) is 5.78 Å². The van der Waals surface area contributed by atoms with Crippen LogP contribution in [0.4, 0.5) is 0 Å². The number of ketones is 1. The van der Waals surface area contributed by atoms with Gasteiger partial charge < -0.3 is 0 Å². The smallest absolute Gasteiger partial charge is 0.133 e. The van der Waals surface area contributed by atoms with Gasteiger partial charge in [0.15, 0.2) is 0 Å². The first-order valence-electron chi connectivity index (χ1n) is 6.64. The predicted molar refractivity (Wildman–Crippen MR) is 62.7 cm³/mol. The van der Waals surface area contributed by atoms with Gasteiger partial charge in [0.05, 0.1) is 0 Å². The van der Waals surface area contributed by atoms with Crippen molar-refractivity contribution in [3.05, 3.63) is 0 Å². The molecule has 0 N–H and O–H groups in total. The molecule has 2 rings (SSSR count). The van der Waals surface area contributed by atoms with E-state index in [0.717, 1.165) is 18.8 Å². The van der Waals surface area contributed by atoms with E-state index in [2.05, 4.69) is 13.8 Å². The second-order valence-corrected chi connectivity index (χ2v) is 6.14. The number of carbonyl (C=O) groups is 1. The molecule has 1 unspecified atom stereocenters. The SMILES string of the molecule is CC(C)CC1CC(=O)CCC12CCCC2.